The molecule has 1 amide bonds. The highest BCUT2D eigenvalue weighted by molar-refractivity contribution is 6.33. The molecule has 100 valence electrons. The molecule has 3 nitrogen and oxygen atoms in total. The van der Waals surface area contributed by atoms with E-state index in [2.05, 4.69) is 10.6 Å². The summed E-state index contributed by atoms with van der Waals surface area (Å²) in [7, 11) is 1.57. The summed E-state index contributed by atoms with van der Waals surface area (Å²) in [5.74, 6) is -0.460. The van der Waals surface area contributed by atoms with Gasteiger partial charge < -0.3 is 10.6 Å². The first kappa shape index (κ1) is 14.8. The number of anilines is 1. The predicted octanol–water partition coefficient (Wildman–Crippen LogP) is 2.91. The van der Waals surface area contributed by atoms with Crippen molar-refractivity contribution < 1.29 is 18.0 Å². The minimum Gasteiger partial charge on any atom is -0.323 e. The molecule has 0 aliphatic carbocycles. The smallest absolute Gasteiger partial charge is 0.323 e. The van der Waals surface area contributed by atoms with Crippen LogP contribution in [0.5, 0.6) is 0 Å². The Labute approximate surface area is 107 Å². The Bertz CT molecular complexity index is 448. The fourth-order valence-electron chi connectivity index (χ4n) is 1.17. The van der Waals surface area contributed by atoms with Gasteiger partial charge in [-0.1, -0.05) is 11.6 Å². The third-order valence-corrected chi connectivity index (χ3v) is 2.71. The second kappa shape index (κ2) is 5.58. The first-order chi connectivity index (χ1) is 8.25. The van der Waals surface area contributed by atoms with E-state index in [1.807, 2.05) is 0 Å². The van der Waals surface area contributed by atoms with E-state index < -0.39 is 23.7 Å². The molecule has 0 spiro atoms. The van der Waals surface area contributed by atoms with Gasteiger partial charge in [-0.15, -0.1) is 0 Å². The van der Waals surface area contributed by atoms with Gasteiger partial charge in [0.15, 0.2) is 0 Å². The molecule has 1 aromatic rings. The van der Waals surface area contributed by atoms with Crippen LogP contribution in [0.1, 0.15) is 12.5 Å². The third kappa shape index (κ3) is 3.61. The number of likely N-dealkylation sites (N-methyl/N-ethyl adjacent to an activating group) is 1. The molecule has 1 rings (SSSR count). The first-order valence-electron chi connectivity index (χ1n) is 5.10. The Morgan fingerprint density at radius 1 is 1.39 bits per heavy atom. The normalized spacial score (nSPS) is 13.2. The maximum Gasteiger partial charge on any atom is 0.416 e. The quantitative estimate of drug-likeness (QED) is 0.894. The van der Waals surface area contributed by atoms with Crippen LogP contribution in [0.3, 0.4) is 0 Å². The van der Waals surface area contributed by atoms with Gasteiger partial charge in [0.25, 0.3) is 0 Å². The molecule has 0 aromatic heterocycles. The summed E-state index contributed by atoms with van der Waals surface area (Å²) in [4.78, 5) is 11.5. The zero-order valence-corrected chi connectivity index (χ0v) is 10.5. The van der Waals surface area contributed by atoms with E-state index in [0.29, 0.717) is 0 Å². The van der Waals surface area contributed by atoms with E-state index >= 15 is 0 Å². The number of halogens is 4. The van der Waals surface area contributed by atoms with Crippen LogP contribution in [0.2, 0.25) is 5.02 Å². The van der Waals surface area contributed by atoms with E-state index in [0.717, 1.165) is 18.2 Å². The molecule has 0 saturated carbocycles. The molecule has 0 aliphatic heterocycles. The fraction of sp³-hybridized carbons (Fsp3) is 0.364. The molecule has 1 atom stereocenters. The number of carbonyl (C=O) groups excluding carboxylic acids is 1. The molecule has 2 N–H and O–H groups in total. The SMILES string of the molecule is CN[C@H](C)C(=O)Nc1cc(C(F)(F)F)ccc1Cl. The lowest BCUT2D eigenvalue weighted by molar-refractivity contribution is -0.137. The van der Waals surface area contributed by atoms with Crippen molar-refractivity contribution in [2.24, 2.45) is 0 Å². The highest BCUT2D eigenvalue weighted by Gasteiger charge is 2.31. The lowest BCUT2D eigenvalue weighted by Crippen LogP contribution is -2.35. The summed E-state index contributed by atoms with van der Waals surface area (Å²) < 4.78 is 37.5. The number of amides is 1. The number of nitrogens with one attached hydrogen (secondary N) is 2. The average molecular weight is 281 g/mol. The largest absolute Gasteiger partial charge is 0.416 e. The molecule has 1 aromatic carbocycles. The van der Waals surface area contributed by atoms with Crippen LogP contribution in [-0.2, 0) is 11.0 Å². The van der Waals surface area contributed by atoms with Crippen molar-refractivity contribution in [2.45, 2.75) is 19.1 Å². The summed E-state index contributed by atoms with van der Waals surface area (Å²) in [5, 5.41) is 5.07. The Hall–Kier alpha value is -1.27. The Morgan fingerprint density at radius 2 is 2.00 bits per heavy atom. The van der Waals surface area contributed by atoms with Gasteiger partial charge in [0, 0.05) is 0 Å². The number of benzene rings is 1. The van der Waals surface area contributed by atoms with Gasteiger partial charge in [0.2, 0.25) is 5.91 Å². The van der Waals surface area contributed by atoms with Crippen molar-refractivity contribution in [1.82, 2.24) is 5.32 Å². The van der Waals surface area contributed by atoms with Gasteiger partial charge in [0.05, 0.1) is 22.3 Å². The number of rotatable bonds is 3. The zero-order chi connectivity index (χ0) is 13.9. The van der Waals surface area contributed by atoms with Crippen LogP contribution in [0.25, 0.3) is 0 Å². The summed E-state index contributed by atoms with van der Waals surface area (Å²) >= 11 is 5.74. The van der Waals surface area contributed by atoms with Gasteiger partial charge >= 0.3 is 6.18 Å². The van der Waals surface area contributed by atoms with E-state index in [4.69, 9.17) is 11.6 Å². The van der Waals surface area contributed by atoms with Crippen molar-refractivity contribution in [3.63, 3.8) is 0 Å². The molecular formula is C11H12ClF3N2O. The van der Waals surface area contributed by atoms with Crippen molar-refractivity contribution >= 4 is 23.2 Å². The molecule has 7 heteroatoms. The van der Waals surface area contributed by atoms with E-state index in [1.165, 1.54) is 0 Å². The molecule has 0 unspecified atom stereocenters. The molecule has 0 aliphatic rings. The zero-order valence-electron chi connectivity index (χ0n) is 9.73. The lowest BCUT2D eigenvalue weighted by Gasteiger charge is -2.14. The highest BCUT2D eigenvalue weighted by atomic mass is 35.5. The lowest BCUT2D eigenvalue weighted by atomic mass is 10.2. The molecule has 0 heterocycles. The van der Waals surface area contributed by atoms with E-state index in [-0.39, 0.29) is 10.7 Å². The summed E-state index contributed by atoms with van der Waals surface area (Å²) in [6, 6.07) is 2.24. The minimum atomic E-state index is -4.47. The average Bonchev–Trinajstić information content (AvgIpc) is 2.29. The van der Waals surface area contributed by atoms with Gasteiger partial charge in [-0.3, -0.25) is 4.79 Å². The second-order valence-corrected chi connectivity index (χ2v) is 4.10. The Balaban J connectivity index is 2.99. The van der Waals surface area contributed by atoms with E-state index in [9.17, 15) is 18.0 Å². The van der Waals surface area contributed by atoms with Gasteiger partial charge in [0.1, 0.15) is 0 Å². The summed E-state index contributed by atoms with van der Waals surface area (Å²) in [5.41, 5.74) is -0.919. The molecule has 0 saturated heterocycles. The van der Waals surface area contributed by atoms with Crippen LogP contribution in [0.4, 0.5) is 18.9 Å². The van der Waals surface area contributed by atoms with Crippen molar-refractivity contribution in [1.29, 1.82) is 0 Å². The van der Waals surface area contributed by atoms with Crippen molar-refractivity contribution in [3.05, 3.63) is 28.8 Å². The maximum atomic E-state index is 12.5. The number of carbonyl (C=O) groups is 1. The van der Waals surface area contributed by atoms with E-state index in [1.54, 1.807) is 14.0 Å². The summed E-state index contributed by atoms with van der Waals surface area (Å²) in [6.07, 6.45) is -4.47. The first-order valence-corrected chi connectivity index (χ1v) is 5.48. The highest BCUT2D eigenvalue weighted by Crippen LogP contribution is 2.33. The van der Waals surface area contributed by atoms with Gasteiger partial charge in [-0.2, -0.15) is 13.2 Å². The number of alkyl halides is 3. The molecule has 0 radical (unpaired) electrons. The fourth-order valence-corrected chi connectivity index (χ4v) is 1.33. The van der Waals surface area contributed by atoms with Gasteiger partial charge in [-0.25, -0.2) is 0 Å². The molecule has 18 heavy (non-hydrogen) atoms. The topological polar surface area (TPSA) is 41.1 Å². The molecule has 0 bridgehead atoms. The van der Waals surface area contributed by atoms with Crippen molar-refractivity contribution in [3.8, 4) is 0 Å². The van der Waals surface area contributed by atoms with Crippen LogP contribution in [0.15, 0.2) is 18.2 Å². The molecular weight excluding hydrogens is 269 g/mol. The molecule has 0 fully saturated rings. The minimum absolute atomic E-state index is 0.0552. The standard InChI is InChI=1S/C11H12ClF3N2O/c1-6(16-2)10(18)17-9-5-7(11(13,14)15)3-4-8(9)12/h3-6,16H,1-2H3,(H,17,18)/t6-/m1/s1. The third-order valence-electron chi connectivity index (χ3n) is 2.38. The van der Waals surface area contributed by atoms with Gasteiger partial charge in [-0.05, 0) is 32.2 Å². The number of hydrogen-bond acceptors (Lipinski definition) is 2. The van der Waals surface area contributed by atoms with Crippen LogP contribution < -0.4 is 10.6 Å². The monoisotopic (exact) mass is 280 g/mol. The Morgan fingerprint density at radius 3 is 2.50 bits per heavy atom. The Kier molecular flexibility index (Phi) is 4.59. The number of hydrogen-bond donors (Lipinski definition) is 2. The predicted molar refractivity (Wildman–Crippen MR) is 63.6 cm³/mol. The van der Waals surface area contributed by atoms with Crippen molar-refractivity contribution in [2.75, 3.05) is 12.4 Å². The van der Waals surface area contributed by atoms with Crippen LogP contribution in [-0.4, -0.2) is 19.0 Å². The van der Waals surface area contributed by atoms with Crippen LogP contribution >= 0.6 is 11.6 Å². The van der Waals surface area contributed by atoms with Crippen LogP contribution in [0, 0.1) is 0 Å². The maximum absolute atomic E-state index is 12.5. The summed E-state index contributed by atoms with van der Waals surface area (Å²) in [6.45, 7) is 1.58. The second-order valence-electron chi connectivity index (χ2n) is 3.69.